The van der Waals surface area contributed by atoms with Crippen molar-refractivity contribution in [3.8, 4) is 6.07 Å². The van der Waals surface area contributed by atoms with E-state index in [9.17, 15) is 4.79 Å². The monoisotopic (exact) mass is 222 g/mol. The third kappa shape index (κ3) is 2.98. The van der Waals surface area contributed by atoms with Gasteiger partial charge in [-0.2, -0.15) is 5.26 Å². The van der Waals surface area contributed by atoms with Gasteiger partial charge in [0, 0.05) is 6.04 Å². The first-order valence-electron chi connectivity index (χ1n) is 6.21. The Kier molecular flexibility index (Phi) is 4.35. The van der Waals surface area contributed by atoms with Gasteiger partial charge in [-0.3, -0.25) is 4.79 Å². The van der Waals surface area contributed by atoms with E-state index in [1.807, 2.05) is 6.92 Å². The van der Waals surface area contributed by atoms with Crippen LogP contribution in [0.2, 0.25) is 0 Å². The molecule has 0 aliphatic heterocycles. The normalized spacial score (nSPS) is 25.5. The van der Waals surface area contributed by atoms with E-state index in [4.69, 9.17) is 5.26 Å². The number of carbonyl (C=O) groups excluding carboxylic acids is 1. The fraction of sp³-hybridized carbons (Fsp3) is 0.846. The van der Waals surface area contributed by atoms with E-state index in [1.54, 1.807) is 0 Å². The van der Waals surface area contributed by atoms with Gasteiger partial charge in [-0.1, -0.05) is 33.6 Å². The quantitative estimate of drug-likeness (QED) is 0.798. The molecule has 90 valence electrons. The lowest BCUT2D eigenvalue weighted by molar-refractivity contribution is -0.125. The topological polar surface area (TPSA) is 52.9 Å². The fourth-order valence-corrected chi connectivity index (χ4v) is 2.37. The number of carbonyl (C=O) groups is 1. The van der Waals surface area contributed by atoms with Crippen molar-refractivity contribution in [1.82, 2.24) is 5.32 Å². The zero-order valence-electron chi connectivity index (χ0n) is 10.5. The van der Waals surface area contributed by atoms with Crippen LogP contribution in [-0.2, 0) is 4.79 Å². The van der Waals surface area contributed by atoms with Crippen LogP contribution < -0.4 is 5.32 Å². The number of hydrogen-bond donors (Lipinski definition) is 1. The Hall–Kier alpha value is -1.04. The van der Waals surface area contributed by atoms with Gasteiger partial charge in [-0.05, 0) is 24.7 Å². The maximum absolute atomic E-state index is 11.8. The molecule has 0 aromatic rings. The SMILES string of the molecule is CCC(C#N)C(=O)NC1CCCCC1(C)C. The van der Waals surface area contributed by atoms with E-state index < -0.39 is 5.92 Å². The van der Waals surface area contributed by atoms with Crippen LogP contribution in [0.25, 0.3) is 0 Å². The molecule has 0 heterocycles. The second-order valence-electron chi connectivity index (χ2n) is 5.39. The molecule has 0 aromatic carbocycles. The van der Waals surface area contributed by atoms with Crippen molar-refractivity contribution in [3.63, 3.8) is 0 Å². The molecule has 1 saturated carbocycles. The van der Waals surface area contributed by atoms with Crippen molar-refractivity contribution < 1.29 is 4.79 Å². The minimum atomic E-state index is -0.488. The van der Waals surface area contributed by atoms with Crippen molar-refractivity contribution in [3.05, 3.63) is 0 Å². The molecule has 0 radical (unpaired) electrons. The summed E-state index contributed by atoms with van der Waals surface area (Å²) in [6.07, 6.45) is 5.21. The molecule has 2 unspecified atom stereocenters. The van der Waals surface area contributed by atoms with Crippen molar-refractivity contribution in [2.75, 3.05) is 0 Å². The number of hydrogen-bond acceptors (Lipinski definition) is 2. The summed E-state index contributed by atoms with van der Waals surface area (Å²) in [5.41, 5.74) is 0.168. The van der Waals surface area contributed by atoms with Gasteiger partial charge in [-0.25, -0.2) is 0 Å². The van der Waals surface area contributed by atoms with Gasteiger partial charge in [0.2, 0.25) is 5.91 Å². The number of nitrogens with one attached hydrogen (secondary N) is 1. The Morgan fingerprint density at radius 1 is 1.56 bits per heavy atom. The summed E-state index contributed by atoms with van der Waals surface area (Å²) in [4.78, 5) is 11.8. The van der Waals surface area contributed by atoms with Crippen LogP contribution in [0.4, 0.5) is 0 Å². The van der Waals surface area contributed by atoms with E-state index in [-0.39, 0.29) is 17.4 Å². The molecule has 0 aromatic heterocycles. The van der Waals surface area contributed by atoms with Gasteiger partial charge in [0.1, 0.15) is 5.92 Å². The Labute approximate surface area is 98.2 Å². The molecule has 1 aliphatic rings. The Morgan fingerprint density at radius 3 is 2.75 bits per heavy atom. The van der Waals surface area contributed by atoms with Crippen molar-refractivity contribution in [1.29, 1.82) is 5.26 Å². The minimum Gasteiger partial charge on any atom is -0.352 e. The van der Waals surface area contributed by atoms with Crippen LogP contribution in [-0.4, -0.2) is 11.9 Å². The lowest BCUT2D eigenvalue weighted by atomic mass is 9.73. The third-order valence-electron chi connectivity index (χ3n) is 3.70. The van der Waals surface area contributed by atoms with E-state index in [0.29, 0.717) is 6.42 Å². The molecule has 1 amide bonds. The molecule has 1 rings (SSSR count). The first-order valence-corrected chi connectivity index (χ1v) is 6.21. The molecule has 16 heavy (non-hydrogen) atoms. The summed E-state index contributed by atoms with van der Waals surface area (Å²) in [5.74, 6) is -0.581. The molecule has 1 N–H and O–H groups in total. The van der Waals surface area contributed by atoms with Crippen LogP contribution >= 0.6 is 0 Å². The Balaban J connectivity index is 2.59. The van der Waals surface area contributed by atoms with Gasteiger partial charge >= 0.3 is 0 Å². The predicted octanol–water partition coefficient (Wildman–Crippen LogP) is 2.62. The largest absolute Gasteiger partial charge is 0.352 e. The third-order valence-corrected chi connectivity index (χ3v) is 3.70. The Morgan fingerprint density at radius 2 is 2.25 bits per heavy atom. The summed E-state index contributed by atoms with van der Waals surface area (Å²) in [7, 11) is 0. The molecule has 3 nitrogen and oxygen atoms in total. The fourth-order valence-electron chi connectivity index (χ4n) is 2.37. The highest BCUT2D eigenvalue weighted by Gasteiger charge is 2.34. The predicted molar refractivity (Wildman–Crippen MR) is 63.6 cm³/mol. The van der Waals surface area contributed by atoms with Crippen molar-refractivity contribution >= 4 is 5.91 Å². The first kappa shape index (κ1) is 13.0. The molecule has 0 bridgehead atoms. The van der Waals surface area contributed by atoms with E-state index in [0.717, 1.165) is 12.8 Å². The summed E-state index contributed by atoms with van der Waals surface area (Å²) in [5, 5.41) is 11.9. The summed E-state index contributed by atoms with van der Waals surface area (Å²) in [6, 6.07) is 2.29. The second kappa shape index (κ2) is 5.34. The van der Waals surface area contributed by atoms with Crippen molar-refractivity contribution in [2.24, 2.45) is 11.3 Å². The van der Waals surface area contributed by atoms with Gasteiger partial charge in [0.15, 0.2) is 0 Å². The molecule has 0 saturated heterocycles. The molecule has 2 atom stereocenters. The molecule has 1 fully saturated rings. The Bertz CT molecular complexity index is 291. The lowest BCUT2D eigenvalue weighted by Gasteiger charge is -2.39. The lowest BCUT2D eigenvalue weighted by Crippen LogP contribution is -2.48. The first-order chi connectivity index (χ1) is 7.51. The summed E-state index contributed by atoms with van der Waals surface area (Å²) < 4.78 is 0. The van der Waals surface area contributed by atoms with E-state index >= 15 is 0 Å². The second-order valence-corrected chi connectivity index (χ2v) is 5.39. The molecular weight excluding hydrogens is 200 g/mol. The maximum Gasteiger partial charge on any atom is 0.237 e. The van der Waals surface area contributed by atoms with Crippen molar-refractivity contribution in [2.45, 2.75) is 58.9 Å². The van der Waals surface area contributed by atoms with Gasteiger partial charge in [-0.15, -0.1) is 0 Å². The number of nitrogens with zero attached hydrogens (tertiary/aromatic N) is 1. The average molecular weight is 222 g/mol. The van der Waals surface area contributed by atoms with Gasteiger partial charge in [0.25, 0.3) is 0 Å². The van der Waals surface area contributed by atoms with Crippen LogP contribution in [0.3, 0.4) is 0 Å². The van der Waals surface area contributed by atoms with E-state index in [1.165, 1.54) is 12.8 Å². The molecule has 1 aliphatic carbocycles. The smallest absolute Gasteiger partial charge is 0.237 e. The molecule has 3 heteroatoms. The summed E-state index contributed by atoms with van der Waals surface area (Å²) in [6.45, 7) is 6.27. The van der Waals surface area contributed by atoms with Gasteiger partial charge in [0.05, 0.1) is 6.07 Å². The highest BCUT2D eigenvalue weighted by Crippen LogP contribution is 2.35. The van der Waals surface area contributed by atoms with Crippen LogP contribution in [0, 0.1) is 22.7 Å². The van der Waals surface area contributed by atoms with Crippen LogP contribution in [0.5, 0.6) is 0 Å². The van der Waals surface area contributed by atoms with Gasteiger partial charge < -0.3 is 5.32 Å². The molecule has 0 spiro atoms. The summed E-state index contributed by atoms with van der Waals surface area (Å²) >= 11 is 0. The van der Waals surface area contributed by atoms with Crippen LogP contribution in [0.15, 0.2) is 0 Å². The highest BCUT2D eigenvalue weighted by atomic mass is 16.1. The molecular formula is C13H22N2O. The zero-order valence-corrected chi connectivity index (χ0v) is 10.5. The van der Waals surface area contributed by atoms with Crippen LogP contribution in [0.1, 0.15) is 52.9 Å². The average Bonchev–Trinajstić information content (AvgIpc) is 2.23. The van der Waals surface area contributed by atoms with E-state index in [2.05, 4.69) is 25.2 Å². The number of nitriles is 1. The zero-order chi connectivity index (χ0) is 12.2. The highest BCUT2D eigenvalue weighted by molar-refractivity contribution is 5.81. The maximum atomic E-state index is 11.8. The number of amides is 1. The minimum absolute atomic E-state index is 0.0926. The number of rotatable bonds is 3. The standard InChI is InChI=1S/C13H22N2O/c1-4-10(9-14)12(16)15-11-7-5-6-8-13(11,2)3/h10-11H,4-8H2,1-3H3,(H,15,16).